The first-order valence-corrected chi connectivity index (χ1v) is 10.6. The molecular formula is C24H26FN3O4. The fourth-order valence-electron chi connectivity index (χ4n) is 4.07. The Kier molecular flexibility index (Phi) is 6.68. The quantitative estimate of drug-likeness (QED) is 0.555. The number of aromatic nitrogens is 2. The molecule has 0 spiro atoms. The van der Waals surface area contributed by atoms with E-state index in [9.17, 15) is 9.18 Å². The summed E-state index contributed by atoms with van der Waals surface area (Å²) in [6, 6.07) is 11.9. The number of piperidine rings is 1. The van der Waals surface area contributed by atoms with Crippen molar-refractivity contribution in [1.82, 2.24) is 15.0 Å². The maximum atomic E-state index is 14.0. The fourth-order valence-corrected chi connectivity index (χ4v) is 4.07. The fraction of sp³-hybridized carbons (Fsp3) is 0.375. The third-order valence-electron chi connectivity index (χ3n) is 5.72. The number of nitrogens with zero attached hydrogens (tertiary/aromatic N) is 3. The number of hydrogen-bond donors (Lipinski definition) is 0. The molecule has 3 aromatic rings. The maximum Gasteiger partial charge on any atom is 0.227 e. The third-order valence-corrected chi connectivity index (χ3v) is 5.72. The second-order valence-electron chi connectivity index (χ2n) is 7.91. The Labute approximate surface area is 186 Å². The highest BCUT2D eigenvalue weighted by molar-refractivity contribution is 5.79. The van der Waals surface area contributed by atoms with Crippen LogP contribution in [0.1, 0.15) is 24.3 Å². The molecule has 4 rings (SSSR count). The van der Waals surface area contributed by atoms with Gasteiger partial charge in [0.15, 0.2) is 11.5 Å². The van der Waals surface area contributed by atoms with E-state index in [1.54, 1.807) is 32.4 Å². The lowest BCUT2D eigenvalue weighted by Crippen LogP contribution is -2.41. The van der Waals surface area contributed by atoms with Gasteiger partial charge in [0.1, 0.15) is 5.82 Å². The molecule has 1 amide bonds. The van der Waals surface area contributed by atoms with Gasteiger partial charge in [0.25, 0.3) is 0 Å². The molecule has 0 bridgehead atoms. The van der Waals surface area contributed by atoms with E-state index in [4.69, 9.17) is 14.0 Å². The first kappa shape index (κ1) is 21.8. The minimum absolute atomic E-state index is 0.0690. The van der Waals surface area contributed by atoms with E-state index in [0.29, 0.717) is 42.3 Å². The van der Waals surface area contributed by atoms with E-state index < -0.39 is 0 Å². The van der Waals surface area contributed by atoms with Gasteiger partial charge in [0.2, 0.25) is 17.6 Å². The SMILES string of the molecule is COc1ccc(CC(=O)N2CCCC(Cc3nc(-c4ccccc4F)no3)C2)cc1OC. The van der Waals surface area contributed by atoms with Crippen LogP contribution < -0.4 is 9.47 Å². The van der Waals surface area contributed by atoms with Gasteiger partial charge in [-0.1, -0.05) is 23.4 Å². The smallest absolute Gasteiger partial charge is 0.227 e. The Morgan fingerprint density at radius 3 is 2.78 bits per heavy atom. The average molecular weight is 439 g/mol. The predicted molar refractivity (Wildman–Crippen MR) is 116 cm³/mol. The molecule has 0 saturated carbocycles. The molecule has 1 aliphatic rings. The molecule has 8 heteroatoms. The number of benzene rings is 2. The van der Waals surface area contributed by atoms with Crippen LogP contribution in [0.2, 0.25) is 0 Å². The standard InChI is InChI=1S/C24H26FN3O4/c1-30-20-10-9-16(12-21(20)31-2)14-23(29)28-11-5-6-17(15-28)13-22-26-24(27-32-22)18-7-3-4-8-19(18)25/h3-4,7-10,12,17H,5-6,11,13-15H2,1-2H3. The number of amides is 1. The Morgan fingerprint density at radius 2 is 2.00 bits per heavy atom. The summed E-state index contributed by atoms with van der Waals surface area (Å²) in [5, 5.41) is 3.92. The van der Waals surface area contributed by atoms with Gasteiger partial charge in [-0.3, -0.25) is 4.79 Å². The van der Waals surface area contributed by atoms with Crippen LogP contribution in [0.5, 0.6) is 11.5 Å². The number of halogens is 1. The largest absolute Gasteiger partial charge is 0.493 e. The third kappa shape index (κ3) is 4.90. The molecule has 1 aliphatic heterocycles. The zero-order valence-electron chi connectivity index (χ0n) is 18.2. The highest BCUT2D eigenvalue weighted by Gasteiger charge is 2.26. The molecule has 2 aromatic carbocycles. The lowest BCUT2D eigenvalue weighted by atomic mass is 9.94. The minimum atomic E-state index is -0.385. The van der Waals surface area contributed by atoms with Crippen molar-refractivity contribution in [2.45, 2.75) is 25.7 Å². The number of carbonyl (C=O) groups is 1. The highest BCUT2D eigenvalue weighted by atomic mass is 19.1. The van der Waals surface area contributed by atoms with Gasteiger partial charge in [0.05, 0.1) is 26.2 Å². The van der Waals surface area contributed by atoms with Crippen molar-refractivity contribution < 1.29 is 23.2 Å². The monoisotopic (exact) mass is 439 g/mol. The minimum Gasteiger partial charge on any atom is -0.493 e. The zero-order valence-corrected chi connectivity index (χ0v) is 18.2. The van der Waals surface area contributed by atoms with Crippen LogP contribution in [0.3, 0.4) is 0 Å². The van der Waals surface area contributed by atoms with Crippen LogP contribution >= 0.6 is 0 Å². The lowest BCUT2D eigenvalue weighted by molar-refractivity contribution is -0.132. The number of likely N-dealkylation sites (tertiary alicyclic amines) is 1. The highest BCUT2D eigenvalue weighted by Crippen LogP contribution is 2.28. The number of carbonyl (C=O) groups excluding carboxylic acids is 1. The second kappa shape index (κ2) is 9.80. The molecule has 1 atom stereocenters. The molecule has 1 saturated heterocycles. The number of rotatable bonds is 7. The van der Waals surface area contributed by atoms with E-state index in [2.05, 4.69) is 10.1 Å². The summed E-state index contributed by atoms with van der Waals surface area (Å²) < 4.78 is 29.9. The normalized spacial score (nSPS) is 16.1. The number of methoxy groups -OCH3 is 2. The van der Waals surface area contributed by atoms with Gasteiger partial charge in [0, 0.05) is 19.5 Å². The summed E-state index contributed by atoms with van der Waals surface area (Å²) >= 11 is 0. The molecule has 0 aliphatic carbocycles. The molecule has 7 nitrogen and oxygen atoms in total. The molecule has 0 radical (unpaired) electrons. The first-order valence-electron chi connectivity index (χ1n) is 10.6. The Hall–Kier alpha value is -3.42. The van der Waals surface area contributed by atoms with Crippen molar-refractivity contribution in [3.05, 3.63) is 59.7 Å². The summed E-state index contributed by atoms with van der Waals surface area (Å²) in [6.07, 6.45) is 2.74. The molecule has 2 heterocycles. The lowest BCUT2D eigenvalue weighted by Gasteiger charge is -2.32. The molecule has 1 unspecified atom stereocenters. The Morgan fingerprint density at radius 1 is 1.19 bits per heavy atom. The van der Waals surface area contributed by atoms with Crippen molar-refractivity contribution in [2.75, 3.05) is 27.3 Å². The average Bonchev–Trinajstić information content (AvgIpc) is 3.27. The van der Waals surface area contributed by atoms with Crippen molar-refractivity contribution in [1.29, 1.82) is 0 Å². The van der Waals surface area contributed by atoms with Crippen LogP contribution in [0.4, 0.5) is 4.39 Å². The summed E-state index contributed by atoms with van der Waals surface area (Å²) in [7, 11) is 3.16. The van der Waals surface area contributed by atoms with Crippen molar-refractivity contribution >= 4 is 5.91 Å². The van der Waals surface area contributed by atoms with E-state index in [0.717, 1.165) is 24.9 Å². The maximum absolute atomic E-state index is 14.0. The second-order valence-corrected chi connectivity index (χ2v) is 7.91. The molecule has 168 valence electrons. The topological polar surface area (TPSA) is 77.7 Å². The molecule has 0 N–H and O–H groups in total. The van der Waals surface area contributed by atoms with Crippen LogP contribution in [0, 0.1) is 11.7 Å². The van der Waals surface area contributed by atoms with Crippen LogP contribution in [0.25, 0.3) is 11.4 Å². The van der Waals surface area contributed by atoms with Crippen molar-refractivity contribution in [3.63, 3.8) is 0 Å². The van der Waals surface area contributed by atoms with Crippen LogP contribution in [-0.2, 0) is 17.6 Å². The number of ether oxygens (including phenoxy) is 2. The zero-order chi connectivity index (χ0) is 22.5. The van der Waals surface area contributed by atoms with E-state index in [1.165, 1.54) is 6.07 Å². The van der Waals surface area contributed by atoms with E-state index in [-0.39, 0.29) is 23.5 Å². The molecule has 32 heavy (non-hydrogen) atoms. The first-order chi connectivity index (χ1) is 15.6. The molecule has 1 fully saturated rings. The van der Waals surface area contributed by atoms with Crippen molar-refractivity contribution in [3.8, 4) is 22.9 Å². The molecular weight excluding hydrogens is 413 g/mol. The van der Waals surface area contributed by atoms with Gasteiger partial charge in [-0.05, 0) is 48.6 Å². The van der Waals surface area contributed by atoms with E-state index >= 15 is 0 Å². The van der Waals surface area contributed by atoms with E-state index in [1.807, 2.05) is 23.1 Å². The van der Waals surface area contributed by atoms with Crippen LogP contribution in [-0.4, -0.2) is 48.3 Å². The Balaban J connectivity index is 1.37. The number of hydrogen-bond acceptors (Lipinski definition) is 6. The van der Waals surface area contributed by atoms with Crippen LogP contribution in [0.15, 0.2) is 47.0 Å². The van der Waals surface area contributed by atoms with Gasteiger partial charge in [-0.2, -0.15) is 4.98 Å². The van der Waals surface area contributed by atoms with Gasteiger partial charge in [-0.15, -0.1) is 0 Å². The summed E-state index contributed by atoms with van der Waals surface area (Å²) in [6.45, 7) is 1.36. The summed E-state index contributed by atoms with van der Waals surface area (Å²) in [4.78, 5) is 19.2. The van der Waals surface area contributed by atoms with Gasteiger partial charge >= 0.3 is 0 Å². The van der Waals surface area contributed by atoms with Gasteiger partial charge in [-0.25, -0.2) is 4.39 Å². The Bertz CT molecular complexity index is 1080. The summed E-state index contributed by atoms with van der Waals surface area (Å²) in [5.74, 6) is 1.85. The predicted octanol–water partition coefficient (Wildman–Crippen LogP) is 3.92. The van der Waals surface area contributed by atoms with Crippen molar-refractivity contribution in [2.24, 2.45) is 5.92 Å². The summed E-state index contributed by atoms with van der Waals surface area (Å²) in [5.41, 5.74) is 1.19. The molecule has 1 aromatic heterocycles. The van der Waals surface area contributed by atoms with Gasteiger partial charge < -0.3 is 18.9 Å².